The van der Waals surface area contributed by atoms with Gasteiger partial charge in [-0.2, -0.15) is 0 Å². The minimum absolute atomic E-state index is 0.532. The zero-order valence-corrected chi connectivity index (χ0v) is 12.4. The molecule has 1 unspecified atom stereocenters. The van der Waals surface area contributed by atoms with Crippen molar-refractivity contribution in [3.05, 3.63) is 59.2 Å². The van der Waals surface area contributed by atoms with Gasteiger partial charge in [0.15, 0.2) is 0 Å². The maximum Gasteiger partial charge on any atom is 0.0323 e. The topological polar surface area (TPSA) is 12.0 Å². The molecular formula is C19H23N. The minimum atomic E-state index is 0.532. The lowest BCUT2D eigenvalue weighted by Gasteiger charge is -2.12. The molecular weight excluding hydrogens is 242 g/mol. The molecule has 0 fully saturated rings. The van der Waals surface area contributed by atoms with Crippen molar-refractivity contribution in [3.63, 3.8) is 0 Å². The van der Waals surface area contributed by atoms with Crippen molar-refractivity contribution in [3.8, 4) is 11.1 Å². The van der Waals surface area contributed by atoms with Crippen LogP contribution in [-0.2, 0) is 12.8 Å². The molecule has 0 spiro atoms. The quantitative estimate of drug-likeness (QED) is 0.857. The van der Waals surface area contributed by atoms with Crippen LogP contribution in [0.15, 0.2) is 42.5 Å². The third-order valence-electron chi connectivity index (χ3n) is 4.42. The van der Waals surface area contributed by atoms with Crippen LogP contribution < -0.4 is 5.32 Å². The number of nitrogens with one attached hydrogen (secondary N) is 1. The number of aryl methyl sites for hydroxylation is 1. The summed E-state index contributed by atoms with van der Waals surface area (Å²) in [7, 11) is 2.06. The zero-order chi connectivity index (χ0) is 13.9. The second kappa shape index (κ2) is 5.80. The van der Waals surface area contributed by atoms with E-state index in [0.29, 0.717) is 6.04 Å². The first-order valence-corrected chi connectivity index (χ1v) is 7.72. The SMILES string of the molecule is CCCc1ccc(-c2cccc3c2CCC3NC)cc1. The third kappa shape index (κ3) is 2.38. The lowest BCUT2D eigenvalue weighted by molar-refractivity contribution is 0.590. The van der Waals surface area contributed by atoms with E-state index in [1.54, 1.807) is 0 Å². The van der Waals surface area contributed by atoms with Crippen LogP contribution in [0.1, 0.15) is 42.5 Å². The molecule has 104 valence electrons. The van der Waals surface area contributed by atoms with Crippen LogP contribution in [0.3, 0.4) is 0 Å². The van der Waals surface area contributed by atoms with Gasteiger partial charge in [0, 0.05) is 6.04 Å². The van der Waals surface area contributed by atoms with Crippen molar-refractivity contribution in [2.24, 2.45) is 0 Å². The minimum Gasteiger partial charge on any atom is -0.313 e. The highest BCUT2D eigenvalue weighted by atomic mass is 14.9. The fourth-order valence-electron chi connectivity index (χ4n) is 3.36. The fourth-order valence-corrected chi connectivity index (χ4v) is 3.36. The van der Waals surface area contributed by atoms with E-state index in [1.165, 1.54) is 53.5 Å². The molecule has 0 aromatic heterocycles. The molecule has 1 heteroatoms. The van der Waals surface area contributed by atoms with E-state index in [2.05, 4.69) is 61.8 Å². The van der Waals surface area contributed by atoms with Gasteiger partial charge in [-0.05, 0) is 54.1 Å². The lowest BCUT2D eigenvalue weighted by Crippen LogP contribution is -2.12. The van der Waals surface area contributed by atoms with Crippen molar-refractivity contribution >= 4 is 0 Å². The second-order valence-electron chi connectivity index (χ2n) is 5.70. The molecule has 2 aromatic carbocycles. The molecule has 3 rings (SSSR count). The van der Waals surface area contributed by atoms with Crippen molar-refractivity contribution in [1.29, 1.82) is 0 Å². The molecule has 1 atom stereocenters. The second-order valence-corrected chi connectivity index (χ2v) is 5.70. The van der Waals surface area contributed by atoms with Crippen LogP contribution in [0.25, 0.3) is 11.1 Å². The average Bonchev–Trinajstić information content (AvgIpc) is 2.91. The van der Waals surface area contributed by atoms with Gasteiger partial charge in [-0.15, -0.1) is 0 Å². The van der Waals surface area contributed by atoms with Gasteiger partial charge in [0.05, 0.1) is 0 Å². The maximum atomic E-state index is 3.42. The Morgan fingerprint density at radius 1 is 1.10 bits per heavy atom. The first-order valence-electron chi connectivity index (χ1n) is 7.72. The van der Waals surface area contributed by atoms with Crippen molar-refractivity contribution in [2.45, 2.75) is 38.6 Å². The summed E-state index contributed by atoms with van der Waals surface area (Å²) in [5, 5.41) is 3.42. The van der Waals surface area contributed by atoms with Crippen LogP contribution in [-0.4, -0.2) is 7.05 Å². The molecule has 0 saturated carbocycles. The smallest absolute Gasteiger partial charge is 0.0323 e. The van der Waals surface area contributed by atoms with Gasteiger partial charge in [0.2, 0.25) is 0 Å². The van der Waals surface area contributed by atoms with Crippen LogP contribution in [0.4, 0.5) is 0 Å². The Kier molecular flexibility index (Phi) is 3.88. The Balaban J connectivity index is 1.97. The third-order valence-corrected chi connectivity index (χ3v) is 4.42. The summed E-state index contributed by atoms with van der Waals surface area (Å²) in [6.45, 7) is 2.23. The highest BCUT2D eigenvalue weighted by Gasteiger charge is 2.23. The molecule has 1 aliphatic carbocycles. The number of hydrogen-bond acceptors (Lipinski definition) is 1. The Hall–Kier alpha value is -1.60. The lowest BCUT2D eigenvalue weighted by atomic mass is 9.95. The Labute approximate surface area is 122 Å². The zero-order valence-electron chi connectivity index (χ0n) is 12.4. The summed E-state index contributed by atoms with van der Waals surface area (Å²) >= 11 is 0. The van der Waals surface area contributed by atoms with Crippen molar-refractivity contribution in [2.75, 3.05) is 7.05 Å². The van der Waals surface area contributed by atoms with Crippen LogP contribution in [0.5, 0.6) is 0 Å². The van der Waals surface area contributed by atoms with Crippen LogP contribution in [0, 0.1) is 0 Å². The van der Waals surface area contributed by atoms with Crippen molar-refractivity contribution < 1.29 is 0 Å². The monoisotopic (exact) mass is 265 g/mol. The Morgan fingerprint density at radius 3 is 2.60 bits per heavy atom. The summed E-state index contributed by atoms with van der Waals surface area (Å²) in [5.41, 5.74) is 7.25. The molecule has 0 amide bonds. The first kappa shape index (κ1) is 13.4. The van der Waals surface area contributed by atoms with E-state index < -0.39 is 0 Å². The maximum absolute atomic E-state index is 3.42. The molecule has 20 heavy (non-hydrogen) atoms. The average molecular weight is 265 g/mol. The fraction of sp³-hybridized carbons (Fsp3) is 0.368. The molecule has 2 aromatic rings. The van der Waals surface area contributed by atoms with E-state index in [1.807, 2.05) is 0 Å². The first-order chi connectivity index (χ1) is 9.83. The summed E-state index contributed by atoms with van der Waals surface area (Å²) < 4.78 is 0. The van der Waals surface area contributed by atoms with Gasteiger partial charge in [-0.25, -0.2) is 0 Å². The molecule has 0 radical (unpaired) electrons. The molecule has 0 heterocycles. The molecule has 0 aliphatic heterocycles. The molecule has 1 aliphatic rings. The Bertz CT molecular complexity index is 583. The van der Waals surface area contributed by atoms with Gasteiger partial charge >= 0.3 is 0 Å². The standard InChI is InChI=1S/C19H23N/c1-3-5-14-8-10-15(11-9-14)16-6-4-7-18-17(16)12-13-19(18)20-2/h4,6-11,19-20H,3,5,12-13H2,1-2H3. The van der Waals surface area contributed by atoms with Gasteiger partial charge in [-0.3, -0.25) is 0 Å². The highest BCUT2D eigenvalue weighted by molar-refractivity contribution is 5.70. The summed E-state index contributed by atoms with van der Waals surface area (Å²) in [6, 6.07) is 16.4. The highest BCUT2D eigenvalue weighted by Crippen LogP contribution is 2.37. The van der Waals surface area contributed by atoms with Gasteiger partial charge in [0.25, 0.3) is 0 Å². The summed E-state index contributed by atoms with van der Waals surface area (Å²) in [4.78, 5) is 0. The van der Waals surface area contributed by atoms with E-state index in [0.717, 1.165) is 0 Å². The van der Waals surface area contributed by atoms with E-state index in [-0.39, 0.29) is 0 Å². The van der Waals surface area contributed by atoms with Crippen LogP contribution >= 0.6 is 0 Å². The predicted octanol–water partition coefficient (Wildman–Crippen LogP) is 4.51. The molecule has 1 nitrogen and oxygen atoms in total. The summed E-state index contributed by atoms with van der Waals surface area (Å²) in [6.07, 6.45) is 4.80. The molecule has 0 bridgehead atoms. The van der Waals surface area contributed by atoms with Gasteiger partial charge < -0.3 is 5.32 Å². The normalized spacial score (nSPS) is 17.2. The van der Waals surface area contributed by atoms with E-state index >= 15 is 0 Å². The van der Waals surface area contributed by atoms with Gasteiger partial charge in [0.1, 0.15) is 0 Å². The number of hydrogen-bond donors (Lipinski definition) is 1. The largest absolute Gasteiger partial charge is 0.313 e. The predicted molar refractivity (Wildman–Crippen MR) is 86.0 cm³/mol. The summed E-state index contributed by atoms with van der Waals surface area (Å²) in [5.74, 6) is 0. The van der Waals surface area contributed by atoms with Gasteiger partial charge in [-0.1, -0.05) is 55.8 Å². The van der Waals surface area contributed by atoms with Crippen LogP contribution in [0.2, 0.25) is 0 Å². The number of benzene rings is 2. The van der Waals surface area contributed by atoms with E-state index in [9.17, 15) is 0 Å². The number of fused-ring (bicyclic) bond motifs is 1. The Morgan fingerprint density at radius 2 is 1.90 bits per heavy atom. The number of rotatable bonds is 4. The molecule has 0 saturated heterocycles. The van der Waals surface area contributed by atoms with Crippen molar-refractivity contribution in [1.82, 2.24) is 5.32 Å². The van der Waals surface area contributed by atoms with E-state index in [4.69, 9.17) is 0 Å². The molecule has 1 N–H and O–H groups in total.